The summed E-state index contributed by atoms with van der Waals surface area (Å²) in [5, 5.41) is 0. The van der Waals surface area contributed by atoms with Crippen LogP contribution in [0, 0.1) is 0 Å². The van der Waals surface area contributed by atoms with Gasteiger partial charge in [0.25, 0.3) is 11.8 Å². The SMILES string of the molecule is Nc1ccc(CN2C(=O)COCC2=O)cc1. The first kappa shape index (κ1) is 10.6. The molecule has 1 aromatic rings. The first-order valence-corrected chi connectivity index (χ1v) is 4.92. The van der Waals surface area contributed by atoms with Gasteiger partial charge >= 0.3 is 0 Å². The van der Waals surface area contributed by atoms with Crippen molar-refractivity contribution in [3.63, 3.8) is 0 Å². The number of nitrogens with two attached hydrogens (primary N) is 1. The summed E-state index contributed by atoms with van der Waals surface area (Å²) in [5.74, 6) is -0.596. The molecule has 1 aliphatic rings. The molecule has 0 bridgehead atoms. The van der Waals surface area contributed by atoms with Crippen LogP contribution in [0.1, 0.15) is 5.56 Å². The van der Waals surface area contributed by atoms with Gasteiger partial charge in [-0.15, -0.1) is 0 Å². The number of amides is 2. The summed E-state index contributed by atoms with van der Waals surface area (Å²) in [4.78, 5) is 24.1. The van der Waals surface area contributed by atoms with Crippen molar-refractivity contribution < 1.29 is 14.3 Å². The van der Waals surface area contributed by atoms with Gasteiger partial charge in [-0.2, -0.15) is 0 Å². The van der Waals surface area contributed by atoms with E-state index in [1.807, 2.05) is 0 Å². The minimum absolute atomic E-state index is 0.0271. The number of nitrogen functional groups attached to an aromatic ring is 1. The van der Waals surface area contributed by atoms with Gasteiger partial charge in [-0.25, -0.2) is 0 Å². The highest BCUT2D eigenvalue weighted by Crippen LogP contribution is 2.11. The van der Waals surface area contributed by atoms with E-state index in [0.717, 1.165) is 5.56 Å². The van der Waals surface area contributed by atoms with Gasteiger partial charge in [-0.3, -0.25) is 14.5 Å². The molecule has 2 amide bonds. The molecule has 0 atom stereocenters. The Balaban J connectivity index is 2.10. The number of hydrogen-bond donors (Lipinski definition) is 1. The maximum atomic E-state index is 11.4. The molecule has 0 saturated carbocycles. The summed E-state index contributed by atoms with van der Waals surface area (Å²) in [6.07, 6.45) is 0. The number of rotatable bonds is 2. The van der Waals surface area contributed by atoms with Crippen LogP contribution in [0.2, 0.25) is 0 Å². The maximum Gasteiger partial charge on any atom is 0.255 e. The normalized spacial score (nSPS) is 16.6. The van der Waals surface area contributed by atoms with Crippen LogP contribution in [0.4, 0.5) is 5.69 Å². The van der Waals surface area contributed by atoms with Crippen LogP contribution in [0.5, 0.6) is 0 Å². The van der Waals surface area contributed by atoms with Gasteiger partial charge in [0.15, 0.2) is 0 Å². The molecular formula is C11H12N2O3. The Morgan fingerprint density at radius 3 is 2.25 bits per heavy atom. The molecule has 2 N–H and O–H groups in total. The van der Waals surface area contributed by atoms with E-state index in [-0.39, 0.29) is 31.6 Å². The van der Waals surface area contributed by atoms with Crippen molar-refractivity contribution in [2.75, 3.05) is 18.9 Å². The Morgan fingerprint density at radius 2 is 1.69 bits per heavy atom. The van der Waals surface area contributed by atoms with Crippen molar-refractivity contribution in [1.29, 1.82) is 0 Å². The molecule has 0 aliphatic carbocycles. The fourth-order valence-electron chi connectivity index (χ4n) is 1.50. The molecule has 0 aromatic heterocycles. The topological polar surface area (TPSA) is 72.6 Å². The van der Waals surface area contributed by atoms with Crippen molar-refractivity contribution in [3.05, 3.63) is 29.8 Å². The largest absolute Gasteiger partial charge is 0.399 e. The molecule has 0 spiro atoms. The number of morpholine rings is 1. The Morgan fingerprint density at radius 1 is 1.12 bits per heavy atom. The van der Waals surface area contributed by atoms with Crippen LogP contribution in [0.15, 0.2) is 24.3 Å². The third-order valence-corrected chi connectivity index (χ3v) is 2.37. The van der Waals surface area contributed by atoms with E-state index in [2.05, 4.69) is 0 Å². The fraction of sp³-hybridized carbons (Fsp3) is 0.273. The van der Waals surface area contributed by atoms with Crippen molar-refractivity contribution in [2.24, 2.45) is 0 Å². The predicted octanol–water partition coefficient (Wildman–Crippen LogP) is 0.154. The summed E-state index contributed by atoms with van der Waals surface area (Å²) in [6.45, 7) is 0.225. The van der Waals surface area contributed by atoms with Gasteiger partial charge in [0.05, 0.1) is 6.54 Å². The maximum absolute atomic E-state index is 11.4. The third-order valence-electron chi connectivity index (χ3n) is 2.37. The predicted molar refractivity (Wildman–Crippen MR) is 57.2 cm³/mol. The molecule has 1 aromatic carbocycles. The standard InChI is InChI=1S/C11H12N2O3/c12-9-3-1-8(2-4-9)5-13-10(14)6-16-7-11(13)15/h1-4H,5-7,12H2. The quantitative estimate of drug-likeness (QED) is 0.569. The van der Waals surface area contributed by atoms with Crippen LogP contribution < -0.4 is 5.73 Å². The average molecular weight is 220 g/mol. The molecule has 16 heavy (non-hydrogen) atoms. The lowest BCUT2D eigenvalue weighted by Crippen LogP contribution is -2.45. The number of carbonyl (C=O) groups is 2. The minimum Gasteiger partial charge on any atom is -0.399 e. The zero-order valence-corrected chi connectivity index (χ0v) is 8.68. The zero-order valence-electron chi connectivity index (χ0n) is 8.68. The Hall–Kier alpha value is -1.88. The van der Waals surface area contributed by atoms with Gasteiger partial charge in [-0.1, -0.05) is 12.1 Å². The van der Waals surface area contributed by atoms with E-state index in [4.69, 9.17) is 10.5 Å². The number of hydrogen-bond acceptors (Lipinski definition) is 4. The van der Waals surface area contributed by atoms with E-state index in [0.29, 0.717) is 5.69 Å². The number of anilines is 1. The highest BCUT2D eigenvalue weighted by atomic mass is 16.5. The van der Waals surface area contributed by atoms with Gasteiger partial charge in [0, 0.05) is 5.69 Å². The van der Waals surface area contributed by atoms with Crippen molar-refractivity contribution in [1.82, 2.24) is 4.90 Å². The number of carbonyl (C=O) groups excluding carboxylic acids is 2. The molecule has 0 radical (unpaired) electrons. The summed E-state index contributed by atoms with van der Waals surface area (Å²) >= 11 is 0. The average Bonchev–Trinajstić information content (AvgIpc) is 2.26. The molecule has 1 fully saturated rings. The molecule has 5 nitrogen and oxygen atoms in total. The molecule has 0 unspecified atom stereocenters. The summed E-state index contributed by atoms with van der Waals surface area (Å²) in [6, 6.07) is 7.08. The van der Waals surface area contributed by atoms with Gasteiger partial charge in [0.1, 0.15) is 13.2 Å². The Bertz CT molecular complexity index is 398. The number of benzene rings is 1. The molecule has 1 aliphatic heterocycles. The fourth-order valence-corrected chi connectivity index (χ4v) is 1.50. The van der Waals surface area contributed by atoms with Crippen LogP contribution in [0.3, 0.4) is 0 Å². The summed E-state index contributed by atoms with van der Waals surface area (Å²) < 4.78 is 4.82. The molecule has 2 rings (SSSR count). The van der Waals surface area contributed by atoms with Crippen LogP contribution >= 0.6 is 0 Å². The van der Waals surface area contributed by atoms with Gasteiger partial charge < -0.3 is 10.5 Å². The Labute approximate surface area is 92.8 Å². The number of nitrogens with zero attached hydrogens (tertiary/aromatic N) is 1. The van der Waals surface area contributed by atoms with Gasteiger partial charge in [0.2, 0.25) is 0 Å². The summed E-state index contributed by atoms with van der Waals surface area (Å²) in [7, 11) is 0. The molecule has 5 heteroatoms. The lowest BCUT2D eigenvalue weighted by molar-refractivity contribution is -0.159. The first-order chi connectivity index (χ1) is 7.66. The van der Waals surface area contributed by atoms with Crippen LogP contribution in [0.25, 0.3) is 0 Å². The van der Waals surface area contributed by atoms with E-state index >= 15 is 0 Å². The summed E-state index contributed by atoms with van der Waals surface area (Å²) in [5.41, 5.74) is 7.08. The lowest BCUT2D eigenvalue weighted by Gasteiger charge is -2.24. The van der Waals surface area contributed by atoms with Crippen LogP contribution in [-0.4, -0.2) is 29.9 Å². The number of ether oxygens (including phenoxy) is 1. The van der Waals surface area contributed by atoms with Gasteiger partial charge in [-0.05, 0) is 17.7 Å². The second-order valence-corrected chi connectivity index (χ2v) is 3.61. The van der Waals surface area contributed by atoms with Crippen molar-refractivity contribution >= 4 is 17.5 Å². The number of imide groups is 1. The first-order valence-electron chi connectivity index (χ1n) is 4.92. The van der Waals surface area contributed by atoms with E-state index in [1.54, 1.807) is 24.3 Å². The lowest BCUT2D eigenvalue weighted by atomic mass is 10.2. The van der Waals surface area contributed by atoms with E-state index < -0.39 is 0 Å². The van der Waals surface area contributed by atoms with Crippen molar-refractivity contribution in [3.8, 4) is 0 Å². The van der Waals surface area contributed by atoms with Crippen LogP contribution in [-0.2, 0) is 20.9 Å². The second-order valence-electron chi connectivity index (χ2n) is 3.61. The zero-order chi connectivity index (χ0) is 11.5. The molecular weight excluding hydrogens is 208 g/mol. The molecule has 84 valence electrons. The monoisotopic (exact) mass is 220 g/mol. The second kappa shape index (κ2) is 4.32. The van der Waals surface area contributed by atoms with Crippen molar-refractivity contribution in [2.45, 2.75) is 6.54 Å². The Kier molecular flexibility index (Phi) is 2.87. The highest BCUT2D eigenvalue weighted by Gasteiger charge is 2.26. The third kappa shape index (κ3) is 2.20. The minimum atomic E-state index is -0.298. The molecule has 1 saturated heterocycles. The van der Waals surface area contributed by atoms with E-state index in [1.165, 1.54) is 4.90 Å². The smallest absolute Gasteiger partial charge is 0.255 e. The highest BCUT2D eigenvalue weighted by molar-refractivity contribution is 5.98. The van der Waals surface area contributed by atoms with E-state index in [9.17, 15) is 9.59 Å². The molecule has 1 heterocycles.